The molecule has 0 radical (unpaired) electrons. The Hall–Kier alpha value is -0.380. The summed E-state index contributed by atoms with van der Waals surface area (Å²) in [6.45, 7) is 6.37. The van der Waals surface area contributed by atoms with Gasteiger partial charge < -0.3 is 10.4 Å². The highest BCUT2D eigenvalue weighted by Crippen LogP contribution is 2.24. The molecule has 2 nitrogen and oxygen atoms in total. The lowest BCUT2D eigenvalue weighted by Gasteiger charge is -2.29. The number of nitrogens with one attached hydrogen (secondary N) is 1. The third kappa shape index (κ3) is 3.59. The van der Waals surface area contributed by atoms with Crippen LogP contribution in [0.1, 0.15) is 32.3 Å². The van der Waals surface area contributed by atoms with Crippen LogP contribution < -0.4 is 5.32 Å². The molecule has 0 unspecified atom stereocenters. The second-order valence-corrected chi connectivity index (χ2v) is 4.88. The molecular weight excluding hydrogens is 206 g/mol. The van der Waals surface area contributed by atoms with E-state index in [0.717, 1.165) is 25.9 Å². The van der Waals surface area contributed by atoms with E-state index in [2.05, 4.69) is 36.0 Å². The average molecular weight is 227 g/mol. The van der Waals surface area contributed by atoms with Gasteiger partial charge in [-0.15, -0.1) is 0 Å². The van der Waals surface area contributed by atoms with Crippen LogP contribution in [0.5, 0.6) is 0 Å². The fourth-order valence-electron chi connectivity index (χ4n) is 1.64. The van der Waals surface area contributed by atoms with E-state index in [1.165, 1.54) is 5.56 Å². The summed E-state index contributed by atoms with van der Waals surface area (Å²) in [5, 5.41) is 17.1. The van der Waals surface area contributed by atoms with Crippen molar-refractivity contribution in [1.82, 2.24) is 5.32 Å². The summed E-state index contributed by atoms with van der Waals surface area (Å²) in [5.74, 6) is 0. The molecule has 0 aliphatic carbocycles. The lowest BCUT2D eigenvalue weighted by atomic mass is 9.83. The Kier molecular flexibility index (Phi) is 5.29. The van der Waals surface area contributed by atoms with Crippen LogP contribution in [0, 0.1) is 5.41 Å². The van der Waals surface area contributed by atoms with E-state index in [0.29, 0.717) is 0 Å². The molecule has 0 fully saturated rings. The smallest absolute Gasteiger partial charge is 0.0499 e. The normalized spacial score (nSPS) is 11.9. The van der Waals surface area contributed by atoms with Crippen LogP contribution in [0.15, 0.2) is 16.8 Å². The van der Waals surface area contributed by atoms with Crippen molar-refractivity contribution in [2.75, 3.05) is 13.2 Å². The summed E-state index contributed by atoms with van der Waals surface area (Å²) in [4.78, 5) is 0. The fraction of sp³-hybridized carbons (Fsp3) is 0.667. The first-order valence-electron chi connectivity index (χ1n) is 5.59. The lowest BCUT2D eigenvalue weighted by molar-refractivity contribution is 0.113. The molecule has 0 aliphatic rings. The molecule has 0 spiro atoms. The van der Waals surface area contributed by atoms with E-state index in [1.54, 1.807) is 11.3 Å². The minimum absolute atomic E-state index is 0.0655. The van der Waals surface area contributed by atoms with Gasteiger partial charge in [0.2, 0.25) is 0 Å². The van der Waals surface area contributed by atoms with Crippen molar-refractivity contribution in [1.29, 1.82) is 0 Å². The lowest BCUT2D eigenvalue weighted by Crippen LogP contribution is -2.36. The summed E-state index contributed by atoms with van der Waals surface area (Å²) in [7, 11) is 0. The number of aliphatic hydroxyl groups is 1. The number of hydrogen-bond donors (Lipinski definition) is 2. The van der Waals surface area contributed by atoms with Gasteiger partial charge in [-0.25, -0.2) is 0 Å². The average Bonchev–Trinajstić information content (AvgIpc) is 2.78. The van der Waals surface area contributed by atoms with Crippen molar-refractivity contribution in [2.45, 2.75) is 33.2 Å². The number of aliphatic hydroxyl groups excluding tert-OH is 1. The van der Waals surface area contributed by atoms with E-state index in [1.807, 2.05) is 0 Å². The number of rotatable bonds is 7. The van der Waals surface area contributed by atoms with Crippen LogP contribution in [0.4, 0.5) is 0 Å². The van der Waals surface area contributed by atoms with Crippen molar-refractivity contribution in [3.05, 3.63) is 22.4 Å². The molecule has 0 aliphatic heterocycles. The Balaban J connectivity index is 2.34. The molecule has 0 aromatic carbocycles. The van der Waals surface area contributed by atoms with Gasteiger partial charge in [-0.1, -0.05) is 13.8 Å². The van der Waals surface area contributed by atoms with E-state index < -0.39 is 0 Å². The van der Waals surface area contributed by atoms with Crippen molar-refractivity contribution in [2.24, 2.45) is 5.41 Å². The third-order valence-corrected chi connectivity index (χ3v) is 3.98. The predicted molar refractivity (Wildman–Crippen MR) is 66.1 cm³/mol. The Labute approximate surface area is 96.3 Å². The zero-order valence-corrected chi connectivity index (χ0v) is 10.4. The zero-order chi connectivity index (χ0) is 11.1. The Bertz CT molecular complexity index is 246. The van der Waals surface area contributed by atoms with Crippen LogP contribution in [-0.4, -0.2) is 18.3 Å². The van der Waals surface area contributed by atoms with Crippen molar-refractivity contribution in [3.8, 4) is 0 Å². The van der Waals surface area contributed by atoms with E-state index in [-0.39, 0.29) is 12.0 Å². The summed E-state index contributed by atoms with van der Waals surface area (Å²) in [5.41, 5.74) is 1.40. The van der Waals surface area contributed by atoms with Crippen LogP contribution in [-0.2, 0) is 6.54 Å². The maximum absolute atomic E-state index is 9.40. The monoisotopic (exact) mass is 227 g/mol. The molecule has 86 valence electrons. The standard InChI is InChI=1S/C12H21NOS/c1-3-12(4-2,10-14)9-13-7-11-5-6-15-8-11/h5-6,8,13-14H,3-4,7,9-10H2,1-2H3. The first kappa shape index (κ1) is 12.7. The van der Waals surface area contributed by atoms with Gasteiger partial charge >= 0.3 is 0 Å². The molecule has 1 aromatic heterocycles. The largest absolute Gasteiger partial charge is 0.396 e. The second-order valence-electron chi connectivity index (χ2n) is 4.10. The first-order chi connectivity index (χ1) is 7.26. The molecule has 0 amide bonds. The van der Waals surface area contributed by atoms with E-state index in [4.69, 9.17) is 0 Å². The van der Waals surface area contributed by atoms with Crippen molar-refractivity contribution in [3.63, 3.8) is 0 Å². The summed E-state index contributed by atoms with van der Waals surface area (Å²) < 4.78 is 0. The molecule has 15 heavy (non-hydrogen) atoms. The van der Waals surface area contributed by atoms with Gasteiger partial charge in [0, 0.05) is 25.1 Å². The maximum atomic E-state index is 9.40. The minimum atomic E-state index is 0.0655. The van der Waals surface area contributed by atoms with Gasteiger partial charge in [0.15, 0.2) is 0 Å². The molecule has 1 rings (SSSR count). The Morgan fingerprint density at radius 3 is 2.60 bits per heavy atom. The molecule has 0 saturated heterocycles. The molecule has 0 atom stereocenters. The molecule has 0 bridgehead atoms. The van der Waals surface area contributed by atoms with Gasteiger partial charge in [-0.3, -0.25) is 0 Å². The van der Waals surface area contributed by atoms with Gasteiger partial charge in [0.05, 0.1) is 0 Å². The van der Waals surface area contributed by atoms with Gasteiger partial charge in [-0.2, -0.15) is 11.3 Å². The highest BCUT2D eigenvalue weighted by Gasteiger charge is 2.24. The third-order valence-electron chi connectivity index (χ3n) is 3.24. The highest BCUT2D eigenvalue weighted by molar-refractivity contribution is 7.07. The van der Waals surface area contributed by atoms with Crippen LogP contribution in [0.2, 0.25) is 0 Å². The van der Waals surface area contributed by atoms with Crippen LogP contribution >= 0.6 is 11.3 Å². The zero-order valence-electron chi connectivity index (χ0n) is 9.62. The summed E-state index contributed by atoms with van der Waals surface area (Å²) >= 11 is 1.73. The Morgan fingerprint density at radius 1 is 1.40 bits per heavy atom. The quantitative estimate of drug-likeness (QED) is 0.750. The molecule has 3 heteroatoms. The fourth-order valence-corrected chi connectivity index (χ4v) is 2.31. The van der Waals surface area contributed by atoms with Crippen LogP contribution in [0.3, 0.4) is 0 Å². The van der Waals surface area contributed by atoms with Gasteiger partial charge in [0.1, 0.15) is 0 Å². The Morgan fingerprint density at radius 2 is 2.13 bits per heavy atom. The first-order valence-corrected chi connectivity index (χ1v) is 6.53. The van der Waals surface area contributed by atoms with Gasteiger partial charge in [0.25, 0.3) is 0 Å². The number of hydrogen-bond acceptors (Lipinski definition) is 3. The number of thiophene rings is 1. The molecular formula is C12H21NOS. The van der Waals surface area contributed by atoms with Crippen molar-refractivity contribution >= 4 is 11.3 Å². The van der Waals surface area contributed by atoms with E-state index >= 15 is 0 Å². The molecule has 0 saturated carbocycles. The van der Waals surface area contributed by atoms with Crippen LogP contribution in [0.25, 0.3) is 0 Å². The van der Waals surface area contributed by atoms with E-state index in [9.17, 15) is 5.11 Å². The summed E-state index contributed by atoms with van der Waals surface area (Å²) in [6.07, 6.45) is 2.05. The molecule has 1 aromatic rings. The second kappa shape index (κ2) is 6.26. The maximum Gasteiger partial charge on any atom is 0.0499 e. The topological polar surface area (TPSA) is 32.3 Å². The van der Waals surface area contributed by atoms with Gasteiger partial charge in [-0.05, 0) is 35.2 Å². The SMILES string of the molecule is CCC(CC)(CO)CNCc1ccsc1. The minimum Gasteiger partial charge on any atom is -0.396 e. The highest BCUT2D eigenvalue weighted by atomic mass is 32.1. The van der Waals surface area contributed by atoms with Crippen molar-refractivity contribution < 1.29 is 5.11 Å². The molecule has 1 heterocycles. The summed E-state index contributed by atoms with van der Waals surface area (Å²) in [6, 6.07) is 2.14. The molecule has 2 N–H and O–H groups in total. The predicted octanol–water partition coefficient (Wildman–Crippen LogP) is 2.64.